The van der Waals surface area contributed by atoms with Crippen molar-refractivity contribution in [1.82, 2.24) is 0 Å². The molecule has 8 heavy (non-hydrogen) atoms. The van der Waals surface area contributed by atoms with E-state index in [0.29, 0.717) is 5.92 Å². The van der Waals surface area contributed by atoms with Crippen LogP contribution in [-0.4, -0.2) is 0 Å². The molecule has 0 nitrogen and oxygen atoms in total. The molecule has 47 valence electrons. The first-order valence-corrected chi connectivity index (χ1v) is 3.40. The van der Waals surface area contributed by atoms with Gasteiger partial charge in [-0.05, 0) is 18.8 Å². The summed E-state index contributed by atoms with van der Waals surface area (Å²) in [7, 11) is 0. The molecule has 0 amide bonds. The van der Waals surface area contributed by atoms with Crippen LogP contribution in [-0.2, 0) is 0 Å². The molecule has 0 heteroatoms. The van der Waals surface area contributed by atoms with E-state index >= 15 is 0 Å². The fourth-order valence-electron chi connectivity index (χ4n) is 0.807. The minimum Gasteiger partial charge on any atom is -0.0814 e. The summed E-state index contributed by atoms with van der Waals surface area (Å²) in [6.45, 7) is 9.70. The second-order valence-electron chi connectivity index (χ2n) is 2.15. The van der Waals surface area contributed by atoms with Gasteiger partial charge in [-0.3, -0.25) is 0 Å². The lowest BCUT2D eigenvalue weighted by Crippen LogP contribution is -1.90. The van der Waals surface area contributed by atoms with Crippen LogP contribution in [0.2, 0.25) is 0 Å². The molecule has 1 unspecified atom stereocenters. The number of hydrogen-bond acceptors (Lipinski definition) is 0. The molecule has 0 spiro atoms. The largest absolute Gasteiger partial charge is 0.0814 e. The summed E-state index contributed by atoms with van der Waals surface area (Å²) in [6.07, 6.45) is 5.48. The van der Waals surface area contributed by atoms with Gasteiger partial charge in [0.05, 0.1) is 0 Å². The first-order valence-electron chi connectivity index (χ1n) is 3.40. The quantitative estimate of drug-likeness (QED) is 0.523. The second kappa shape index (κ2) is 4.89. The Morgan fingerprint density at radius 2 is 2.12 bits per heavy atom. The van der Waals surface area contributed by atoms with Crippen molar-refractivity contribution in [2.24, 2.45) is 5.92 Å². The van der Waals surface area contributed by atoms with Crippen LogP contribution in [0.5, 0.6) is 0 Å². The molecule has 0 aromatic heterocycles. The maximum Gasteiger partial charge on any atom is -0.0233 e. The Bertz CT molecular complexity index is 55.1. The fraction of sp³-hybridized carbons (Fsp3) is 0.750. The van der Waals surface area contributed by atoms with Gasteiger partial charge in [-0.25, -0.2) is 0 Å². The van der Waals surface area contributed by atoms with Crippen molar-refractivity contribution in [3.05, 3.63) is 12.7 Å². The highest BCUT2D eigenvalue weighted by Crippen LogP contribution is 2.09. The third-order valence-electron chi connectivity index (χ3n) is 1.46. The number of allylic oxidation sites excluding steroid dienone is 1. The van der Waals surface area contributed by atoms with Crippen LogP contribution in [0.1, 0.15) is 33.1 Å². The summed E-state index contributed by atoms with van der Waals surface area (Å²) in [5.74, 6) is 0.653. The molecule has 0 fully saturated rings. The molecule has 0 saturated heterocycles. The summed E-state index contributed by atoms with van der Waals surface area (Å²) in [4.78, 5) is 0. The molecule has 0 bridgehead atoms. The van der Waals surface area contributed by atoms with E-state index in [4.69, 9.17) is 6.58 Å². The topological polar surface area (TPSA) is 0 Å². The lowest BCUT2D eigenvalue weighted by atomic mass is 10.0. The zero-order chi connectivity index (χ0) is 6.41. The van der Waals surface area contributed by atoms with Crippen LogP contribution >= 0.6 is 0 Å². The van der Waals surface area contributed by atoms with Gasteiger partial charge in [0.2, 0.25) is 0 Å². The molecule has 0 N–H and O–H groups in total. The molecule has 0 aliphatic rings. The summed E-state index contributed by atoms with van der Waals surface area (Å²) in [5.41, 5.74) is 0. The molecule has 0 aliphatic carbocycles. The Labute approximate surface area is 52.6 Å². The van der Waals surface area contributed by atoms with Crippen molar-refractivity contribution in [3.8, 4) is 0 Å². The van der Waals surface area contributed by atoms with Crippen molar-refractivity contribution in [1.29, 1.82) is 0 Å². The van der Waals surface area contributed by atoms with Gasteiger partial charge in [-0.1, -0.05) is 32.9 Å². The van der Waals surface area contributed by atoms with Crippen molar-refractivity contribution in [2.75, 3.05) is 0 Å². The zero-order valence-electron chi connectivity index (χ0n) is 5.85. The first kappa shape index (κ1) is 7.74. The van der Waals surface area contributed by atoms with Crippen LogP contribution in [0.15, 0.2) is 6.08 Å². The second-order valence-corrected chi connectivity index (χ2v) is 2.15. The Hall–Kier alpha value is -0.260. The van der Waals surface area contributed by atoms with E-state index in [0.717, 1.165) is 0 Å². The SMILES string of the molecule is [CH]=CC(CC)CCC. The summed E-state index contributed by atoms with van der Waals surface area (Å²) < 4.78 is 0. The molecule has 1 atom stereocenters. The Morgan fingerprint density at radius 1 is 1.50 bits per heavy atom. The summed E-state index contributed by atoms with van der Waals surface area (Å²) in [5, 5.41) is 0. The normalized spacial score (nSPS) is 13.2. The maximum absolute atomic E-state index is 5.34. The van der Waals surface area contributed by atoms with Gasteiger partial charge < -0.3 is 0 Å². The van der Waals surface area contributed by atoms with Gasteiger partial charge in [0.25, 0.3) is 0 Å². The summed E-state index contributed by atoms with van der Waals surface area (Å²) >= 11 is 0. The van der Waals surface area contributed by atoms with E-state index in [9.17, 15) is 0 Å². The molecule has 0 aliphatic heterocycles. The number of hydrogen-bond donors (Lipinski definition) is 0. The minimum atomic E-state index is 0.653. The van der Waals surface area contributed by atoms with E-state index in [1.807, 2.05) is 6.08 Å². The minimum absolute atomic E-state index is 0.653. The summed E-state index contributed by atoms with van der Waals surface area (Å²) in [6, 6.07) is 0. The van der Waals surface area contributed by atoms with Gasteiger partial charge >= 0.3 is 0 Å². The highest BCUT2D eigenvalue weighted by molar-refractivity contribution is 4.73. The van der Waals surface area contributed by atoms with E-state index in [2.05, 4.69) is 13.8 Å². The first-order chi connectivity index (χ1) is 3.85. The van der Waals surface area contributed by atoms with Crippen molar-refractivity contribution in [3.63, 3.8) is 0 Å². The molecule has 0 saturated carbocycles. The highest BCUT2D eigenvalue weighted by Gasteiger charge is 1.95. The van der Waals surface area contributed by atoms with Crippen LogP contribution in [0.3, 0.4) is 0 Å². The molecular weight excluding hydrogens is 96.1 g/mol. The van der Waals surface area contributed by atoms with Crippen LogP contribution < -0.4 is 0 Å². The molecule has 0 rings (SSSR count). The Kier molecular flexibility index (Phi) is 4.73. The van der Waals surface area contributed by atoms with E-state index in [1.54, 1.807) is 0 Å². The fourth-order valence-corrected chi connectivity index (χ4v) is 0.807. The Balaban J connectivity index is 3.21. The van der Waals surface area contributed by atoms with Crippen LogP contribution in [0, 0.1) is 12.5 Å². The standard InChI is InChI=1S/C8H15/c1-4-7-8(5-2)6-3/h2,5,8H,4,6-7H2,1,3H3. The molecular formula is C8H15. The monoisotopic (exact) mass is 111 g/mol. The smallest absolute Gasteiger partial charge is 0.0233 e. The maximum atomic E-state index is 5.34. The molecule has 0 aromatic carbocycles. The van der Waals surface area contributed by atoms with Gasteiger partial charge in [0, 0.05) is 0 Å². The zero-order valence-corrected chi connectivity index (χ0v) is 5.85. The average molecular weight is 111 g/mol. The van der Waals surface area contributed by atoms with E-state index < -0.39 is 0 Å². The van der Waals surface area contributed by atoms with Crippen molar-refractivity contribution >= 4 is 0 Å². The van der Waals surface area contributed by atoms with E-state index in [-0.39, 0.29) is 0 Å². The third kappa shape index (κ3) is 2.84. The molecule has 1 radical (unpaired) electrons. The van der Waals surface area contributed by atoms with Crippen LogP contribution in [0.4, 0.5) is 0 Å². The lowest BCUT2D eigenvalue weighted by Gasteiger charge is -2.04. The van der Waals surface area contributed by atoms with Gasteiger partial charge in [-0.15, -0.1) is 0 Å². The van der Waals surface area contributed by atoms with E-state index in [1.165, 1.54) is 19.3 Å². The molecule has 0 heterocycles. The van der Waals surface area contributed by atoms with Gasteiger partial charge in [0.1, 0.15) is 0 Å². The number of rotatable bonds is 4. The van der Waals surface area contributed by atoms with Gasteiger partial charge in [-0.2, -0.15) is 0 Å². The molecule has 0 aromatic rings. The van der Waals surface area contributed by atoms with Crippen LogP contribution in [0.25, 0.3) is 0 Å². The third-order valence-corrected chi connectivity index (χ3v) is 1.46. The van der Waals surface area contributed by atoms with Crippen molar-refractivity contribution in [2.45, 2.75) is 33.1 Å². The van der Waals surface area contributed by atoms with Crippen molar-refractivity contribution < 1.29 is 0 Å². The average Bonchev–Trinajstić information content (AvgIpc) is 1.83. The predicted octanol–water partition coefficient (Wildman–Crippen LogP) is 2.80. The Morgan fingerprint density at radius 3 is 2.25 bits per heavy atom. The lowest BCUT2D eigenvalue weighted by molar-refractivity contribution is 0.563. The van der Waals surface area contributed by atoms with Gasteiger partial charge in [0.15, 0.2) is 0 Å². The predicted molar refractivity (Wildman–Crippen MR) is 37.6 cm³/mol. The highest BCUT2D eigenvalue weighted by atomic mass is 14.0.